The van der Waals surface area contributed by atoms with Gasteiger partial charge in [0.25, 0.3) is 5.91 Å². The number of ether oxygens (including phenoxy) is 1. The third-order valence-electron chi connectivity index (χ3n) is 7.17. The molecule has 0 aliphatic carbocycles. The monoisotopic (exact) mass is 436 g/mol. The quantitative estimate of drug-likeness (QED) is 0.740. The Morgan fingerprint density at radius 2 is 1.66 bits per heavy atom. The molecule has 0 bridgehead atoms. The van der Waals surface area contributed by atoms with Crippen molar-refractivity contribution >= 4 is 28.4 Å². The maximum absolute atomic E-state index is 13.2. The van der Waals surface area contributed by atoms with E-state index in [2.05, 4.69) is 41.1 Å². The van der Waals surface area contributed by atoms with E-state index in [-0.39, 0.29) is 23.8 Å². The molecule has 0 saturated carbocycles. The number of carbonyl (C=O) groups excluding carboxylic acids is 2. The molecule has 1 unspecified atom stereocenters. The first-order chi connectivity index (χ1) is 15.6. The Kier molecular flexibility index (Phi) is 6.00. The summed E-state index contributed by atoms with van der Waals surface area (Å²) >= 11 is 0. The van der Waals surface area contributed by atoms with Crippen molar-refractivity contribution < 1.29 is 14.3 Å². The van der Waals surface area contributed by atoms with Gasteiger partial charge < -0.3 is 19.4 Å². The summed E-state index contributed by atoms with van der Waals surface area (Å²) in [5.41, 5.74) is 3.46. The lowest BCUT2D eigenvalue weighted by Crippen LogP contribution is -2.54. The Hall–Kier alpha value is -2.67. The third kappa shape index (κ3) is 4.18. The first kappa shape index (κ1) is 21.2. The Balaban J connectivity index is 1.16. The minimum Gasteiger partial charge on any atom is -0.371 e. The molecule has 3 aliphatic rings. The van der Waals surface area contributed by atoms with E-state index in [0.717, 1.165) is 44.3 Å². The smallest absolute Gasteiger partial charge is 0.251 e. The Morgan fingerprint density at radius 3 is 2.34 bits per heavy atom. The maximum Gasteiger partial charge on any atom is 0.251 e. The van der Waals surface area contributed by atoms with Crippen molar-refractivity contribution in [2.45, 2.75) is 38.7 Å². The van der Waals surface area contributed by atoms with Crippen molar-refractivity contribution in [1.82, 2.24) is 14.8 Å². The lowest BCUT2D eigenvalue weighted by molar-refractivity contribution is -0.147. The molecule has 2 amide bonds. The van der Waals surface area contributed by atoms with E-state index in [9.17, 15) is 9.59 Å². The molecule has 2 aromatic rings. The summed E-state index contributed by atoms with van der Waals surface area (Å²) in [5, 5.41) is 1.18. The highest BCUT2D eigenvalue weighted by molar-refractivity contribution is 5.92. The number of pyridine rings is 1. The van der Waals surface area contributed by atoms with Crippen molar-refractivity contribution in [3.63, 3.8) is 0 Å². The predicted molar refractivity (Wildman–Crippen MR) is 124 cm³/mol. The van der Waals surface area contributed by atoms with E-state index in [0.29, 0.717) is 32.8 Å². The van der Waals surface area contributed by atoms with E-state index < -0.39 is 0 Å². The van der Waals surface area contributed by atoms with Gasteiger partial charge in [-0.2, -0.15) is 0 Å². The van der Waals surface area contributed by atoms with Crippen molar-refractivity contribution in [2.75, 3.05) is 50.8 Å². The lowest BCUT2D eigenvalue weighted by Gasteiger charge is -2.39. The number of aryl methyl sites for hydroxylation is 1. The second kappa shape index (κ2) is 9.06. The van der Waals surface area contributed by atoms with Crippen molar-refractivity contribution in [3.05, 3.63) is 36.0 Å². The number of amides is 2. The molecule has 0 N–H and O–H groups in total. The summed E-state index contributed by atoms with van der Waals surface area (Å²) in [4.78, 5) is 36.4. The van der Waals surface area contributed by atoms with Crippen LogP contribution in [0.4, 0.5) is 5.69 Å². The number of anilines is 1. The topological polar surface area (TPSA) is 66.0 Å². The van der Waals surface area contributed by atoms with Crippen molar-refractivity contribution in [2.24, 2.45) is 5.92 Å². The molecule has 3 aliphatic heterocycles. The number of nitrogens with zero attached hydrogens (tertiary/aromatic N) is 4. The molecule has 32 heavy (non-hydrogen) atoms. The van der Waals surface area contributed by atoms with Gasteiger partial charge in [-0.05, 0) is 50.8 Å². The lowest BCUT2D eigenvalue weighted by atomic mass is 9.94. The summed E-state index contributed by atoms with van der Waals surface area (Å²) in [5.74, 6) is 0.425. The summed E-state index contributed by atoms with van der Waals surface area (Å²) in [6.07, 6.45) is 5.12. The molecule has 7 nitrogen and oxygen atoms in total. The summed E-state index contributed by atoms with van der Waals surface area (Å²) < 4.78 is 5.54. The fourth-order valence-electron chi connectivity index (χ4n) is 5.27. The number of fused-ring (bicyclic) bond motifs is 1. The zero-order valence-corrected chi connectivity index (χ0v) is 18.8. The fourth-order valence-corrected chi connectivity index (χ4v) is 5.27. The van der Waals surface area contributed by atoms with Gasteiger partial charge in [0.05, 0.1) is 5.52 Å². The van der Waals surface area contributed by atoms with Gasteiger partial charge in [-0.25, -0.2) is 0 Å². The van der Waals surface area contributed by atoms with Crippen molar-refractivity contribution in [3.8, 4) is 0 Å². The number of piperazine rings is 1. The second-order valence-corrected chi connectivity index (χ2v) is 9.26. The van der Waals surface area contributed by atoms with Gasteiger partial charge in [0.1, 0.15) is 6.10 Å². The number of hydrogen-bond donors (Lipinski definition) is 0. The van der Waals surface area contributed by atoms with Crippen LogP contribution in [0.5, 0.6) is 0 Å². The zero-order chi connectivity index (χ0) is 22.1. The van der Waals surface area contributed by atoms with E-state index in [1.54, 1.807) is 0 Å². The zero-order valence-electron chi connectivity index (χ0n) is 18.8. The van der Waals surface area contributed by atoms with Crippen LogP contribution in [0.1, 0.15) is 31.2 Å². The molecule has 1 aromatic heterocycles. The van der Waals surface area contributed by atoms with Gasteiger partial charge in [-0.15, -0.1) is 0 Å². The van der Waals surface area contributed by atoms with Crippen LogP contribution in [0.3, 0.4) is 0 Å². The molecular formula is C25H32N4O3. The Bertz CT molecular complexity index is 988. The normalized spacial score (nSPS) is 22.5. The molecule has 4 heterocycles. The molecule has 3 saturated heterocycles. The molecule has 0 radical (unpaired) electrons. The molecule has 7 heteroatoms. The van der Waals surface area contributed by atoms with Crippen molar-refractivity contribution in [1.29, 1.82) is 0 Å². The van der Waals surface area contributed by atoms with Crippen LogP contribution in [0.25, 0.3) is 10.9 Å². The molecule has 0 spiro atoms. The van der Waals surface area contributed by atoms with Gasteiger partial charge in [0.2, 0.25) is 5.91 Å². The van der Waals surface area contributed by atoms with E-state index in [1.807, 2.05) is 16.0 Å². The molecule has 5 rings (SSSR count). The molecule has 3 fully saturated rings. The van der Waals surface area contributed by atoms with Crippen LogP contribution >= 0.6 is 0 Å². The average molecular weight is 437 g/mol. The largest absolute Gasteiger partial charge is 0.371 e. The molecular weight excluding hydrogens is 404 g/mol. The number of aromatic nitrogens is 1. The van der Waals surface area contributed by atoms with E-state index >= 15 is 0 Å². The van der Waals surface area contributed by atoms with Gasteiger partial charge in [0.15, 0.2) is 0 Å². The summed E-state index contributed by atoms with van der Waals surface area (Å²) in [6.45, 7) is 7.04. The predicted octanol–water partition coefficient (Wildman–Crippen LogP) is 2.61. The SMILES string of the molecule is Cc1ccc2nccc(N3CCC(C(=O)N4CCN(C(=O)C5CCCO5)CC4)CC3)c2c1. The van der Waals surface area contributed by atoms with Gasteiger partial charge in [0, 0.05) is 69.1 Å². The Labute approximate surface area is 189 Å². The molecule has 170 valence electrons. The first-order valence-electron chi connectivity index (χ1n) is 11.9. The minimum atomic E-state index is -0.269. The van der Waals surface area contributed by atoms with E-state index in [1.165, 1.54) is 16.6 Å². The number of hydrogen-bond acceptors (Lipinski definition) is 5. The van der Waals surface area contributed by atoms with Crippen LogP contribution in [-0.2, 0) is 14.3 Å². The Morgan fingerprint density at radius 1 is 0.938 bits per heavy atom. The molecule has 1 aromatic carbocycles. The average Bonchev–Trinajstić information content (AvgIpc) is 3.38. The summed E-state index contributed by atoms with van der Waals surface area (Å²) in [6, 6.07) is 8.46. The molecule has 1 atom stereocenters. The van der Waals surface area contributed by atoms with Gasteiger partial charge in [-0.1, -0.05) is 11.6 Å². The summed E-state index contributed by atoms with van der Waals surface area (Å²) in [7, 11) is 0. The number of carbonyl (C=O) groups is 2. The van der Waals surface area contributed by atoms with Crippen LogP contribution < -0.4 is 4.90 Å². The van der Waals surface area contributed by atoms with Crippen LogP contribution in [0.2, 0.25) is 0 Å². The number of piperidine rings is 1. The van der Waals surface area contributed by atoms with Gasteiger partial charge in [-0.3, -0.25) is 14.6 Å². The highest BCUT2D eigenvalue weighted by Gasteiger charge is 2.34. The number of rotatable bonds is 3. The number of benzene rings is 1. The van der Waals surface area contributed by atoms with Crippen LogP contribution in [0, 0.1) is 12.8 Å². The maximum atomic E-state index is 13.2. The van der Waals surface area contributed by atoms with E-state index in [4.69, 9.17) is 4.74 Å². The fraction of sp³-hybridized carbons (Fsp3) is 0.560. The second-order valence-electron chi connectivity index (χ2n) is 9.26. The van der Waals surface area contributed by atoms with Crippen LogP contribution in [0.15, 0.2) is 30.5 Å². The third-order valence-corrected chi connectivity index (χ3v) is 7.17. The standard InChI is InChI=1S/C25H32N4O3/c1-18-4-5-21-20(17-18)22(6-9-26-21)27-10-7-19(8-11-27)24(30)28-12-14-29(15-13-28)25(31)23-3-2-16-32-23/h4-6,9,17,19,23H,2-3,7-8,10-16H2,1H3. The van der Waals surface area contributed by atoms with Crippen LogP contribution in [-0.4, -0.2) is 78.6 Å². The highest BCUT2D eigenvalue weighted by Crippen LogP contribution is 2.30. The highest BCUT2D eigenvalue weighted by atomic mass is 16.5. The van der Waals surface area contributed by atoms with Gasteiger partial charge >= 0.3 is 0 Å². The minimum absolute atomic E-state index is 0.0708. The first-order valence-corrected chi connectivity index (χ1v) is 11.9.